The second kappa shape index (κ2) is 6.46. The molecular weight excluding hydrogens is 256 g/mol. The van der Waals surface area contributed by atoms with Crippen LogP contribution in [0.2, 0.25) is 0 Å². The molecule has 0 aliphatic carbocycles. The molecule has 1 fully saturated rings. The SMILES string of the molecule is CCCC1(C(=O)O)CCCN1C(=O)NCC(C)(C)CC. The molecule has 2 N–H and O–H groups in total. The number of carboxylic acid groups (broad SMARTS) is 1. The van der Waals surface area contributed by atoms with E-state index in [1.165, 1.54) is 4.90 Å². The van der Waals surface area contributed by atoms with Crippen LogP contribution in [0.1, 0.15) is 59.8 Å². The Morgan fingerprint density at radius 2 is 2.00 bits per heavy atom. The quantitative estimate of drug-likeness (QED) is 0.788. The Balaban J connectivity index is 2.77. The van der Waals surface area contributed by atoms with Crippen LogP contribution in [0, 0.1) is 5.41 Å². The van der Waals surface area contributed by atoms with Crippen molar-refractivity contribution in [1.82, 2.24) is 10.2 Å². The summed E-state index contributed by atoms with van der Waals surface area (Å²) in [6, 6.07) is -0.236. The molecule has 1 aliphatic rings. The second-order valence-electron chi connectivity index (χ2n) is 6.52. The minimum Gasteiger partial charge on any atom is -0.479 e. The molecule has 0 spiro atoms. The molecule has 116 valence electrons. The molecule has 5 heteroatoms. The Morgan fingerprint density at radius 1 is 1.35 bits per heavy atom. The van der Waals surface area contributed by atoms with Crippen LogP contribution in [0.4, 0.5) is 4.79 Å². The summed E-state index contributed by atoms with van der Waals surface area (Å²) in [5.41, 5.74) is -0.971. The minimum absolute atomic E-state index is 0.0338. The van der Waals surface area contributed by atoms with E-state index in [-0.39, 0.29) is 11.4 Å². The first-order chi connectivity index (χ1) is 9.29. The molecule has 1 heterocycles. The maximum absolute atomic E-state index is 12.4. The van der Waals surface area contributed by atoms with E-state index in [4.69, 9.17) is 0 Å². The number of carboxylic acids is 1. The van der Waals surface area contributed by atoms with E-state index in [2.05, 4.69) is 26.1 Å². The molecule has 0 aromatic rings. The van der Waals surface area contributed by atoms with Gasteiger partial charge in [0.1, 0.15) is 5.54 Å². The zero-order chi connectivity index (χ0) is 15.4. The van der Waals surface area contributed by atoms with Gasteiger partial charge in [0, 0.05) is 13.1 Å². The number of aliphatic carboxylic acids is 1. The van der Waals surface area contributed by atoms with Crippen LogP contribution in [0.3, 0.4) is 0 Å². The molecule has 0 aromatic heterocycles. The van der Waals surface area contributed by atoms with Crippen LogP contribution in [0.15, 0.2) is 0 Å². The maximum Gasteiger partial charge on any atom is 0.329 e. The van der Waals surface area contributed by atoms with Crippen molar-refractivity contribution >= 4 is 12.0 Å². The number of amides is 2. The number of nitrogens with one attached hydrogen (secondary N) is 1. The summed E-state index contributed by atoms with van der Waals surface area (Å²) in [5, 5.41) is 12.5. The number of hydrogen-bond donors (Lipinski definition) is 2. The molecule has 1 aliphatic heterocycles. The number of nitrogens with zero attached hydrogens (tertiary/aromatic N) is 1. The summed E-state index contributed by atoms with van der Waals surface area (Å²) in [7, 11) is 0. The van der Waals surface area contributed by atoms with Gasteiger partial charge in [-0.15, -0.1) is 0 Å². The number of rotatable bonds is 6. The number of hydrogen-bond acceptors (Lipinski definition) is 2. The predicted molar refractivity (Wildman–Crippen MR) is 78.7 cm³/mol. The molecule has 0 radical (unpaired) electrons. The first-order valence-electron chi connectivity index (χ1n) is 7.58. The van der Waals surface area contributed by atoms with Crippen molar-refractivity contribution in [1.29, 1.82) is 0 Å². The Bertz CT molecular complexity index is 368. The third-order valence-corrected chi connectivity index (χ3v) is 4.47. The van der Waals surface area contributed by atoms with Crippen LogP contribution in [-0.2, 0) is 4.79 Å². The number of carbonyl (C=O) groups excluding carboxylic acids is 1. The van der Waals surface area contributed by atoms with Crippen LogP contribution >= 0.6 is 0 Å². The highest BCUT2D eigenvalue weighted by molar-refractivity contribution is 5.87. The van der Waals surface area contributed by atoms with Gasteiger partial charge < -0.3 is 15.3 Å². The maximum atomic E-state index is 12.4. The average Bonchev–Trinajstić information content (AvgIpc) is 2.82. The van der Waals surface area contributed by atoms with E-state index in [1.807, 2.05) is 6.92 Å². The normalized spacial score (nSPS) is 22.9. The van der Waals surface area contributed by atoms with E-state index in [1.54, 1.807) is 0 Å². The van der Waals surface area contributed by atoms with E-state index < -0.39 is 11.5 Å². The largest absolute Gasteiger partial charge is 0.479 e. The molecule has 0 saturated carbocycles. The van der Waals surface area contributed by atoms with E-state index in [9.17, 15) is 14.7 Å². The van der Waals surface area contributed by atoms with Crippen molar-refractivity contribution in [3.63, 3.8) is 0 Å². The highest BCUT2D eigenvalue weighted by atomic mass is 16.4. The zero-order valence-electron chi connectivity index (χ0n) is 13.2. The molecule has 5 nitrogen and oxygen atoms in total. The Morgan fingerprint density at radius 3 is 2.50 bits per heavy atom. The van der Waals surface area contributed by atoms with E-state index in [0.29, 0.717) is 25.9 Å². The van der Waals surface area contributed by atoms with Crippen molar-refractivity contribution in [2.24, 2.45) is 5.41 Å². The first-order valence-corrected chi connectivity index (χ1v) is 7.58. The number of carbonyl (C=O) groups is 2. The fourth-order valence-electron chi connectivity index (χ4n) is 2.71. The zero-order valence-corrected chi connectivity index (χ0v) is 13.2. The Kier molecular flexibility index (Phi) is 5.42. The molecule has 0 bridgehead atoms. The van der Waals surface area contributed by atoms with Crippen LogP contribution in [0.5, 0.6) is 0 Å². The van der Waals surface area contributed by atoms with Gasteiger partial charge in [0.15, 0.2) is 0 Å². The molecule has 0 aromatic carbocycles. The third-order valence-electron chi connectivity index (χ3n) is 4.47. The molecule has 1 rings (SSSR count). The lowest BCUT2D eigenvalue weighted by Crippen LogP contribution is -2.56. The number of likely N-dealkylation sites (tertiary alicyclic amines) is 1. The topological polar surface area (TPSA) is 69.6 Å². The highest BCUT2D eigenvalue weighted by Crippen LogP contribution is 2.34. The van der Waals surface area contributed by atoms with E-state index >= 15 is 0 Å². The molecular formula is C15H28N2O3. The van der Waals surface area contributed by atoms with Gasteiger partial charge in [0.05, 0.1) is 0 Å². The molecule has 1 saturated heterocycles. The van der Waals surface area contributed by atoms with Crippen molar-refractivity contribution < 1.29 is 14.7 Å². The number of urea groups is 1. The second-order valence-corrected chi connectivity index (χ2v) is 6.52. The molecule has 1 atom stereocenters. The summed E-state index contributed by atoms with van der Waals surface area (Å²) in [6.07, 6.45) is 3.56. The smallest absolute Gasteiger partial charge is 0.329 e. The third kappa shape index (κ3) is 3.44. The molecule has 1 unspecified atom stereocenters. The monoisotopic (exact) mass is 284 g/mol. The van der Waals surface area contributed by atoms with Crippen molar-refractivity contribution in [3.8, 4) is 0 Å². The fraction of sp³-hybridized carbons (Fsp3) is 0.867. The van der Waals surface area contributed by atoms with Gasteiger partial charge in [-0.3, -0.25) is 0 Å². The summed E-state index contributed by atoms with van der Waals surface area (Å²) in [5.74, 6) is -0.873. The standard InChI is InChI=1S/C15H28N2O3/c1-5-8-15(12(18)19)9-7-10-17(15)13(20)16-11-14(3,4)6-2/h5-11H2,1-4H3,(H,16,20)(H,18,19). The lowest BCUT2D eigenvalue weighted by molar-refractivity contribution is -0.148. The first kappa shape index (κ1) is 16.8. The lowest BCUT2D eigenvalue weighted by atomic mass is 9.90. The summed E-state index contributed by atoms with van der Waals surface area (Å²) >= 11 is 0. The van der Waals surface area contributed by atoms with Crippen molar-refractivity contribution in [3.05, 3.63) is 0 Å². The summed E-state index contributed by atoms with van der Waals surface area (Å²) in [4.78, 5) is 25.6. The predicted octanol–water partition coefficient (Wildman–Crippen LogP) is 2.85. The van der Waals surface area contributed by atoms with Gasteiger partial charge in [-0.05, 0) is 31.1 Å². The Labute approximate surface area is 121 Å². The van der Waals surface area contributed by atoms with Crippen LogP contribution in [-0.4, -0.2) is 40.6 Å². The van der Waals surface area contributed by atoms with E-state index in [0.717, 1.165) is 19.3 Å². The molecule has 20 heavy (non-hydrogen) atoms. The van der Waals surface area contributed by atoms with Gasteiger partial charge in [0.25, 0.3) is 0 Å². The van der Waals surface area contributed by atoms with Gasteiger partial charge in [-0.2, -0.15) is 0 Å². The fourth-order valence-corrected chi connectivity index (χ4v) is 2.71. The van der Waals surface area contributed by atoms with Crippen LogP contribution < -0.4 is 5.32 Å². The molecule has 2 amide bonds. The lowest BCUT2D eigenvalue weighted by Gasteiger charge is -2.35. The Hall–Kier alpha value is -1.26. The van der Waals surface area contributed by atoms with Crippen molar-refractivity contribution in [2.75, 3.05) is 13.1 Å². The minimum atomic E-state index is -1.00. The highest BCUT2D eigenvalue weighted by Gasteiger charge is 2.49. The summed E-state index contributed by atoms with van der Waals surface area (Å²) < 4.78 is 0. The van der Waals surface area contributed by atoms with Gasteiger partial charge in [-0.25, -0.2) is 9.59 Å². The average molecular weight is 284 g/mol. The van der Waals surface area contributed by atoms with Crippen LogP contribution in [0.25, 0.3) is 0 Å². The van der Waals surface area contributed by atoms with Gasteiger partial charge in [0.2, 0.25) is 0 Å². The van der Waals surface area contributed by atoms with Crippen molar-refractivity contribution in [2.45, 2.75) is 65.3 Å². The van der Waals surface area contributed by atoms with Gasteiger partial charge >= 0.3 is 12.0 Å². The summed E-state index contributed by atoms with van der Waals surface area (Å²) in [6.45, 7) is 9.33. The van der Waals surface area contributed by atoms with Gasteiger partial charge in [-0.1, -0.05) is 34.1 Å².